The van der Waals surface area contributed by atoms with E-state index in [2.05, 4.69) is 39.3 Å². The van der Waals surface area contributed by atoms with E-state index >= 15 is 0 Å². The maximum absolute atomic E-state index is 6.10. The van der Waals surface area contributed by atoms with E-state index in [4.69, 9.17) is 32.7 Å². The van der Waals surface area contributed by atoms with Crippen molar-refractivity contribution in [1.82, 2.24) is 5.32 Å². The van der Waals surface area contributed by atoms with Crippen LogP contribution in [0.5, 0.6) is 0 Å². The first-order valence-corrected chi connectivity index (χ1v) is 10.3. The fraction of sp³-hybridized carbons (Fsp3) is 0.333. The number of rotatable bonds is 5. The van der Waals surface area contributed by atoms with Crippen LogP contribution >= 0.6 is 23.2 Å². The maximum atomic E-state index is 6.10. The molecule has 0 fully saturated rings. The van der Waals surface area contributed by atoms with E-state index in [0.29, 0.717) is 35.3 Å². The van der Waals surface area contributed by atoms with Crippen molar-refractivity contribution in [3.05, 3.63) is 64.1 Å². The van der Waals surface area contributed by atoms with Crippen molar-refractivity contribution in [2.75, 3.05) is 31.2 Å². The molecule has 0 aliphatic carbocycles. The van der Waals surface area contributed by atoms with E-state index in [1.807, 2.05) is 30.3 Å². The number of ether oxygens (including phenoxy) is 2. The Morgan fingerprint density at radius 2 is 1.76 bits per heavy atom. The van der Waals surface area contributed by atoms with Crippen molar-refractivity contribution in [3.8, 4) is 0 Å². The van der Waals surface area contributed by atoms with Crippen LogP contribution in [-0.4, -0.2) is 44.4 Å². The lowest BCUT2D eigenvalue weighted by molar-refractivity contribution is 0.292. The van der Waals surface area contributed by atoms with E-state index < -0.39 is 0 Å². The van der Waals surface area contributed by atoms with Crippen molar-refractivity contribution in [1.29, 1.82) is 0 Å². The molecule has 0 radical (unpaired) electrons. The van der Waals surface area contributed by atoms with Crippen LogP contribution < -0.4 is 10.2 Å². The minimum Gasteiger partial charge on any atom is -0.463 e. The summed E-state index contributed by atoms with van der Waals surface area (Å²) in [6, 6.07) is 16.5. The van der Waals surface area contributed by atoms with Gasteiger partial charge >= 0.3 is 0 Å². The molecular formula is C21H22Cl2N4O2. The molecule has 2 atom stereocenters. The number of likely N-dealkylation sites (N-methyl/N-ethyl adjacent to an activating group) is 1. The third-order valence-corrected chi connectivity index (χ3v) is 5.58. The number of nitrogens with one attached hydrogen (secondary N) is 1. The third-order valence-electron chi connectivity index (χ3n) is 4.84. The van der Waals surface area contributed by atoms with Crippen molar-refractivity contribution in [2.24, 2.45) is 9.98 Å². The number of hydrogen-bond acceptors (Lipinski definition) is 6. The zero-order chi connectivity index (χ0) is 20.2. The zero-order valence-corrected chi connectivity index (χ0v) is 17.5. The van der Waals surface area contributed by atoms with Gasteiger partial charge in [0.05, 0.1) is 10.0 Å². The SMILES string of the molecule is CCN(CC1COC(NC2=NC(c3ccc(Cl)c(Cl)c3)CO2)=N1)c1ccccc1. The average molecular weight is 433 g/mol. The highest BCUT2D eigenvalue weighted by Crippen LogP contribution is 2.29. The predicted octanol–water partition coefficient (Wildman–Crippen LogP) is 4.29. The van der Waals surface area contributed by atoms with Crippen molar-refractivity contribution < 1.29 is 9.47 Å². The molecule has 0 saturated carbocycles. The first-order chi connectivity index (χ1) is 14.1. The zero-order valence-electron chi connectivity index (χ0n) is 16.0. The first-order valence-electron chi connectivity index (χ1n) is 9.55. The molecule has 2 aliphatic heterocycles. The minimum atomic E-state index is -0.140. The molecule has 2 aromatic rings. The summed E-state index contributed by atoms with van der Waals surface area (Å²) in [6.45, 7) is 4.77. The van der Waals surface area contributed by atoms with Crippen LogP contribution in [0.25, 0.3) is 0 Å². The summed E-state index contributed by atoms with van der Waals surface area (Å²) in [5.41, 5.74) is 2.13. The van der Waals surface area contributed by atoms with E-state index in [-0.39, 0.29) is 12.1 Å². The van der Waals surface area contributed by atoms with E-state index in [1.165, 1.54) is 5.69 Å². The lowest BCUT2D eigenvalue weighted by Gasteiger charge is -2.24. The number of benzene rings is 2. The van der Waals surface area contributed by atoms with Gasteiger partial charge < -0.3 is 14.4 Å². The standard InChI is InChI=1S/C21H22Cl2N4O2/c1-2-27(16-6-4-3-5-7-16)11-15-12-28-20(24-15)26-21-25-19(13-29-21)14-8-9-17(22)18(23)10-14/h3-10,15,19H,2,11-13H2,1H3,(H,24,25,26). The summed E-state index contributed by atoms with van der Waals surface area (Å²) in [5.74, 6) is 0. The van der Waals surface area contributed by atoms with Crippen LogP contribution in [0.4, 0.5) is 5.69 Å². The number of amidine groups is 2. The van der Waals surface area contributed by atoms with E-state index in [1.54, 1.807) is 6.07 Å². The Morgan fingerprint density at radius 3 is 2.52 bits per heavy atom. The lowest BCUT2D eigenvalue weighted by atomic mass is 10.1. The van der Waals surface area contributed by atoms with Crippen LogP contribution in [0.1, 0.15) is 18.5 Å². The van der Waals surface area contributed by atoms with Gasteiger partial charge in [0.1, 0.15) is 25.3 Å². The van der Waals surface area contributed by atoms with Crippen molar-refractivity contribution in [3.63, 3.8) is 0 Å². The normalized spacial score (nSPS) is 20.5. The van der Waals surface area contributed by atoms with Crippen LogP contribution in [0, 0.1) is 0 Å². The minimum absolute atomic E-state index is 0.0468. The molecule has 2 unspecified atom stereocenters. The summed E-state index contributed by atoms with van der Waals surface area (Å²) >= 11 is 12.1. The molecule has 0 amide bonds. The Morgan fingerprint density at radius 1 is 1.00 bits per heavy atom. The molecule has 2 heterocycles. The number of para-hydroxylation sites is 1. The smallest absolute Gasteiger partial charge is 0.293 e. The second-order valence-corrected chi connectivity index (χ2v) is 7.65. The Kier molecular flexibility index (Phi) is 6.11. The molecule has 0 bridgehead atoms. The quantitative estimate of drug-likeness (QED) is 0.765. The van der Waals surface area contributed by atoms with Gasteiger partial charge in [0.25, 0.3) is 12.0 Å². The van der Waals surface area contributed by atoms with Gasteiger partial charge in [-0.2, -0.15) is 0 Å². The van der Waals surface area contributed by atoms with Crippen LogP contribution in [0.2, 0.25) is 10.0 Å². The van der Waals surface area contributed by atoms with Gasteiger partial charge in [-0.1, -0.05) is 47.5 Å². The molecule has 8 heteroatoms. The number of nitrogens with zero attached hydrogens (tertiary/aromatic N) is 3. The Bertz CT molecular complexity index is 920. The topological polar surface area (TPSA) is 58.5 Å². The van der Waals surface area contributed by atoms with Gasteiger partial charge in [0.15, 0.2) is 0 Å². The van der Waals surface area contributed by atoms with Crippen LogP contribution in [-0.2, 0) is 9.47 Å². The average Bonchev–Trinajstić information content (AvgIpc) is 3.39. The molecule has 152 valence electrons. The molecule has 1 N–H and O–H groups in total. The molecule has 2 aromatic carbocycles. The molecule has 0 spiro atoms. The van der Waals surface area contributed by atoms with Gasteiger partial charge in [-0.25, -0.2) is 9.98 Å². The predicted molar refractivity (Wildman–Crippen MR) is 117 cm³/mol. The summed E-state index contributed by atoms with van der Waals surface area (Å²) in [4.78, 5) is 11.5. The van der Waals surface area contributed by atoms with E-state index in [0.717, 1.165) is 18.7 Å². The molecule has 2 aliphatic rings. The fourth-order valence-corrected chi connectivity index (χ4v) is 3.62. The molecule has 6 nitrogen and oxygen atoms in total. The third kappa shape index (κ3) is 4.77. The number of hydrogen-bond donors (Lipinski definition) is 1. The fourth-order valence-electron chi connectivity index (χ4n) is 3.31. The monoisotopic (exact) mass is 432 g/mol. The maximum Gasteiger partial charge on any atom is 0.293 e. The number of halogens is 2. The molecular weight excluding hydrogens is 411 g/mol. The highest BCUT2D eigenvalue weighted by molar-refractivity contribution is 6.42. The largest absolute Gasteiger partial charge is 0.463 e. The summed E-state index contributed by atoms with van der Waals surface area (Å²) in [6.07, 6.45) is 0. The van der Waals surface area contributed by atoms with Crippen LogP contribution in [0.3, 0.4) is 0 Å². The van der Waals surface area contributed by atoms with Crippen molar-refractivity contribution in [2.45, 2.75) is 19.0 Å². The van der Waals surface area contributed by atoms with Gasteiger partial charge in [-0.3, -0.25) is 5.32 Å². The Balaban J connectivity index is 1.37. The van der Waals surface area contributed by atoms with Crippen LogP contribution in [0.15, 0.2) is 58.5 Å². The molecule has 0 saturated heterocycles. The van der Waals surface area contributed by atoms with Gasteiger partial charge in [-0.05, 0) is 36.8 Å². The highest BCUT2D eigenvalue weighted by atomic mass is 35.5. The van der Waals surface area contributed by atoms with Crippen molar-refractivity contribution >= 4 is 40.9 Å². The molecule has 29 heavy (non-hydrogen) atoms. The van der Waals surface area contributed by atoms with Gasteiger partial charge in [0, 0.05) is 18.8 Å². The number of anilines is 1. The highest BCUT2D eigenvalue weighted by Gasteiger charge is 2.26. The summed E-state index contributed by atoms with van der Waals surface area (Å²) < 4.78 is 11.3. The first kappa shape index (κ1) is 19.9. The van der Waals surface area contributed by atoms with Gasteiger partial charge in [-0.15, -0.1) is 0 Å². The Hall–Kier alpha value is -2.44. The molecule has 4 rings (SSSR count). The molecule has 0 aromatic heterocycles. The second kappa shape index (κ2) is 8.93. The number of aliphatic imine (C=N–C) groups is 2. The Labute approximate surface area is 180 Å². The lowest BCUT2D eigenvalue weighted by Crippen LogP contribution is -2.32. The summed E-state index contributed by atoms with van der Waals surface area (Å²) in [7, 11) is 0. The van der Waals surface area contributed by atoms with E-state index in [9.17, 15) is 0 Å². The van der Waals surface area contributed by atoms with Gasteiger partial charge in [0.2, 0.25) is 0 Å². The summed E-state index contributed by atoms with van der Waals surface area (Å²) in [5, 5.41) is 4.07. The second-order valence-electron chi connectivity index (χ2n) is 6.83.